The van der Waals surface area contributed by atoms with E-state index in [2.05, 4.69) is 63.7 Å². The number of carbonyl (C=O) groups is 1. The largest absolute Gasteiger partial charge is 0.337 e. The first-order valence-corrected chi connectivity index (χ1v) is 10.3. The van der Waals surface area contributed by atoms with Gasteiger partial charge in [0.2, 0.25) is 5.91 Å². The van der Waals surface area contributed by atoms with Crippen LogP contribution in [0.2, 0.25) is 0 Å². The Kier molecular flexibility index (Phi) is 5.61. The molecule has 0 aromatic heterocycles. The first-order chi connectivity index (χ1) is 13.7. The SMILES string of the molecule is N#CC1(NC(=O)CN2CCN(Cc3cccc4ccccc34)CC2)CCCC1. The molecule has 0 spiro atoms. The highest BCUT2D eigenvalue weighted by Crippen LogP contribution is 2.28. The number of hydrogen-bond acceptors (Lipinski definition) is 4. The van der Waals surface area contributed by atoms with Gasteiger partial charge in [0.1, 0.15) is 5.54 Å². The van der Waals surface area contributed by atoms with Gasteiger partial charge in [-0.05, 0) is 42.0 Å². The van der Waals surface area contributed by atoms with Gasteiger partial charge < -0.3 is 5.32 Å². The summed E-state index contributed by atoms with van der Waals surface area (Å²) >= 11 is 0. The molecule has 5 heteroatoms. The van der Waals surface area contributed by atoms with Crippen LogP contribution in [-0.4, -0.2) is 54.0 Å². The second kappa shape index (κ2) is 8.30. The van der Waals surface area contributed by atoms with E-state index in [1.54, 1.807) is 0 Å². The number of carbonyl (C=O) groups excluding carboxylic acids is 1. The third-order valence-electron chi connectivity index (χ3n) is 6.16. The monoisotopic (exact) mass is 376 g/mol. The summed E-state index contributed by atoms with van der Waals surface area (Å²) in [6.07, 6.45) is 3.63. The first kappa shape index (κ1) is 18.9. The number of nitrogens with zero attached hydrogens (tertiary/aromatic N) is 3. The van der Waals surface area contributed by atoms with Crippen LogP contribution in [0.5, 0.6) is 0 Å². The molecule has 2 fully saturated rings. The van der Waals surface area contributed by atoms with Gasteiger partial charge in [0.15, 0.2) is 0 Å². The third kappa shape index (κ3) is 4.19. The van der Waals surface area contributed by atoms with Crippen molar-refractivity contribution in [2.24, 2.45) is 0 Å². The fourth-order valence-electron chi connectivity index (χ4n) is 4.53. The Morgan fingerprint density at radius 1 is 1.00 bits per heavy atom. The van der Waals surface area contributed by atoms with Crippen molar-refractivity contribution in [3.05, 3.63) is 48.0 Å². The Labute approximate surface area is 166 Å². The Hall–Kier alpha value is -2.42. The minimum Gasteiger partial charge on any atom is -0.337 e. The van der Waals surface area contributed by atoms with E-state index in [0.717, 1.165) is 58.4 Å². The predicted molar refractivity (Wildman–Crippen MR) is 111 cm³/mol. The van der Waals surface area contributed by atoms with Crippen molar-refractivity contribution in [3.63, 3.8) is 0 Å². The smallest absolute Gasteiger partial charge is 0.235 e. The molecule has 2 aliphatic rings. The molecule has 28 heavy (non-hydrogen) atoms. The molecule has 4 rings (SSSR count). The highest BCUT2D eigenvalue weighted by molar-refractivity contribution is 5.85. The molecule has 146 valence electrons. The lowest BCUT2D eigenvalue weighted by Crippen LogP contribution is -2.52. The Morgan fingerprint density at radius 3 is 2.43 bits per heavy atom. The summed E-state index contributed by atoms with van der Waals surface area (Å²) < 4.78 is 0. The summed E-state index contributed by atoms with van der Waals surface area (Å²) in [5.41, 5.74) is 0.745. The lowest BCUT2D eigenvalue weighted by Gasteiger charge is -2.35. The van der Waals surface area contributed by atoms with Crippen LogP contribution in [0.1, 0.15) is 31.2 Å². The lowest BCUT2D eigenvalue weighted by molar-refractivity contribution is -0.124. The molecule has 1 N–H and O–H groups in total. The van der Waals surface area contributed by atoms with Gasteiger partial charge in [0.25, 0.3) is 0 Å². The van der Waals surface area contributed by atoms with E-state index in [1.165, 1.54) is 16.3 Å². The van der Waals surface area contributed by atoms with Crippen LogP contribution >= 0.6 is 0 Å². The summed E-state index contributed by atoms with van der Waals surface area (Å²) in [4.78, 5) is 17.1. The summed E-state index contributed by atoms with van der Waals surface area (Å²) in [6.45, 7) is 5.03. The summed E-state index contributed by atoms with van der Waals surface area (Å²) in [5.74, 6) is -0.00838. The molecule has 1 aliphatic carbocycles. The molecule has 5 nitrogen and oxygen atoms in total. The molecule has 0 radical (unpaired) electrons. The summed E-state index contributed by atoms with van der Waals surface area (Å²) in [5, 5.41) is 15.1. The predicted octanol–water partition coefficient (Wildman–Crippen LogP) is 2.91. The van der Waals surface area contributed by atoms with Gasteiger partial charge in [0, 0.05) is 32.7 Å². The van der Waals surface area contributed by atoms with Crippen molar-refractivity contribution < 1.29 is 4.79 Å². The number of benzene rings is 2. The molecule has 1 aliphatic heterocycles. The second-order valence-electron chi connectivity index (χ2n) is 8.14. The van der Waals surface area contributed by atoms with E-state index < -0.39 is 5.54 Å². The number of nitriles is 1. The van der Waals surface area contributed by atoms with Crippen LogP contribution in [-0.2, 0) is 11.3 Å². The van der Waals surface area contributed by atoms with Crippen LogP contribution in [0.3, 0.4) is 0 Å². The molecule has 1 heterocycles. The van der Waals surface area contributed by atoms with Crippen LogP contribution < -0.4 is 5.32 Å². The Bertz CT molecular complexity index is 868. The van der Waals surface area contributed by atoms with Gasteiger partial charge in [-0.1, -0.05) is 42.5 Å². The highest BCUT2D eigenvalue weighted by Gasteiger charge is 2.35. The molecular formula is C23H28N4O. The normalized spacial score (nSPS) is 20.1. The van der Waals surface area contributed by atoms with E-state index in [1.807, 2.05) is 0 Å². The fourth-order valence-corrected chi connectivity index (χ4v) is 4.53. The van der Waals surface area contributed by atoms with Gasteiger partial charge in [-0.2, -0.15) is 5.26 Å². The van der Waals surface area contributed by atoms with E-state index in [9.17, 15) is 10.1 Å². The molecule has 0 atom stereocenters. The number of rotatable bonds is 5. The standard InChI is InChI=1S/C23H28N4O/c24-18-23(10-3-4-11-23)25-22(28)17-27-14-12-26(13-15-27)16-20-8-5-7-19-6-1-2-9-21(19)20/h1-2,5-9H,3-4,10-17H2,(H,25,28). The summed E-state index contributed by atoms with van der Waals surface area (Å²) in [7, 11) is 0. The number of piperazine rings is 1. The number of amides is 1. The van der Waals surface area contributed by atoms with E-state index in [-0.39, 0.29) is 5.91 Å². The number of nitrogens with one attached hydrogen (secondary N) is 1. The van der Waals surface area contributed by atoms with Crippen molar-refractivity contribution in [3.8, 4) is 6.07 Å². The molecule has 1 saturated carbocycles. The molecular weight excluding hydrogens is 348 g/mol. The van der Waals surface area contributed by atoms with Crippen LogP contribution in [0.25, 0.3) is 10.8 Å². The van der Waals surface area contributed by atoms with Crippen LogP contribution in [0.4, 0.5) is 0 Å². The van der Waals surface area contributed by atoms with E-state index in [0.29, 0.717) is 6.54 Å². The topological polar surface area (TPSA) is 59.4 Å². The number of hydrogen-bond donors (Lipinski definition) is 1. The summed E-state index contributed by atoms with van der Waals surface area (Å²) in [6, 6.07) is 17.4. The number of fused-ring (bicyclic) bond motifs is 1. The van der Waals surface area contributed by atoms with E-state index in [4.69, 9.17) is 0 Å². The van der Waals surface area contributed by atoms with Gasteiger partial charge in [0.05, 0.1) is 12.6 Å². The Morgan fingerprint density at radius 2 is 1.68 bits per heavy atom. The van der Waals surface area contributed by atoms with Gasteiger partial charge in [-0.25, -0.2) is 0 Å². The maximum Gasteiger partial charge on any atom is 0.235 e. The van der Waals surface area contributed by atoms with Crippen molar-refractivity contribution in [2.45, 2.75) is 37.8 Å². The maximum absolute atomic E-state index is 12.4. The van der Waals surface area contributed by atoms with Crippen molar-refractivity contribution in [1.29, 1.82) is 5.26 Å². The average molecular weight is 377 g/mol. The second-order valence-corrected chi connectivity index (χ2v) is 8.14. The minimum absolute atomic E-state index is 0.00838. The molecule has 0 bridgehead atoms. The van der Waals surface area contributed by atoms with Gasteiger partial charge in [-0.15, -0.1) is 0 Å². The zero-order valence-electron chi connectivity index (χ0n) is 16.4. The average Bonchev–Trinajstić information content (AvgIpc) is 3.18. The highest BCUT2D eigenvalue weighted by atomic mass is 16.2. The maximum atomic E-state index is 12.4. The van der Waals surface area contributed by atoms with Crippen molar-refractivity contribution in [1.82, 2.24) is 15.1 Å². The van der Waals surface area contributed by atoms with Gasteiger partial charge in [-0.3, -0.25) is 14.6 Å². The first-order valence-electron chi connectivity index (χ1n) is 10.3. The molecule has 2 aromatic carbocycles. The molecule has 2 aromatic rings. The third-order valence-corrected chi connectivity index (χ3v) is 6.16. The zero-order valence-corrected chi connectivity index (χ0v) is 16.4. The molecule has 0 unspecified atom stereocenters. The molecule has 1 amide bonds. The van der Waals surface area contributed by atoms with Crippen LogP contribution in [0.15, 0.2) is 42.5 Å². The Balaban J connectivity index is 1.29. The lowest BCUT2D eigenvalue weighted by atomic mass is 10.00. The van der Waals surface area contributed by atoms with E-state index >= 15 is 0 Å². The molecule has 1 saturated heterocycles. The quantitative estimate of drug-likeness (QED) is 0.872. The fraction of sp³-hybridized carbons (Fsp3) is 0.478. The minimum atomic E-state index is -0.618. The van der Waals surface area contributed by atoms with Crippen molar-refractivity contribution >= 4 is 16.7 Å². The van der Waals surface area contributed by atoms with Gasteiger partial charge >= 0.3 is 0 Å². The van der Waals surface area contributed by atoms with Crippen molar-refractivity contribution in [2.75, 3.05) is 32.7 Å². The zero-order chi connectivity index (χ0) is 19.4. The van der Waals surface area contributed by atoms with Crippen LogP contribution in [0, 0.1) is 11.3 Å².